The number of H-pyrrole nitrogens is 1. The normalized spacial score (nSPS) is 20.0. The van der Waals surface area contributed by atoms with Crippen molar-refractivity contribution < 1.29 is 31.9 Å². The van der Waals surface area contributed by atoms with Gasteiger partial charge in [0.2, 0.25) is 5.56 Å². The van der Waals surface area contributed by atoms with Crippen molar-refractivity contribution in [1.29, 1.82) is 0 Å². The van der Waals surface area contributed by atoms with Gasteiger partial charge in [0, 0.05) is 56.1 Å². The molecule has 0 aliphatic carbocycles. The minimum Gasteiger partial charge on any atom is -0.450 e. The largest absolute Gasteiger partial charge is 0.450 e. The smallest absolute Gasteiger partial charge is 0.417 e. The van der Waals surface area contributed by atoms with Crippen LogP contribution >= 0.6 is 0 Å². The number of carbonyl (C=O) groups is 2. The second-order valence-electron chi connectivity index (χ2n) is 10.3. The van der Waals surface area contributed by atoms with Crippen LogP contribution in [-0.4, -0.2) is 78.7 Å². The molecular formula is C28H33F4N5O4. The van der Waals surface area contributed by atoms with E-state index in [-0.39, 0.29) is 43.0 Å². The van der Waals surface area contributed by atoms with Crippen molar-refractivity contribution in [1.82, 2.24) is 14.8 Å². The van der Waals surface area contributed by atoms with E-state index in [2.05, 4.69) is 15.2 Å². The Morgan fingerprint density at radius 1 is 1.15 bits per heavy atom. The van der Waals surface area contributed by atoms with Gasteiger partial charge in [-0.05, 0) is 51.9 Å². The highest BCUT2D eigenvalue weighted by molar-refractivity contribution is 6.07. The van der Waals surface area contributed by atoms with E-state index in [1.807, 2.05) is 25.8 Å². The maximum Gasteiger partial charge on any atom is 0.417 e. The number of halogens is 4. The van der Waals surface area contributed by atoms with Gasteiger partial charge in [-0.15, -0.1) is 0 Å². The Hall–Kier alpha value is -3.87. The minimum absolute atomic E-state index is 0.0796. The van der Waals surface area contributed by atoms with Crippen LogP contribution in [0.15, 0.2) is 35.3 Å². The maximum absolute atomic E-state index is 15.7. The topological polar surface area (TPSA) is 98.0 Å². The lowest BCUT2D eigenvalue weighted by atomic mass is 9.97. The molecule has 0 bridgehead atoms. The lowest BCUT2D eigenvalue weighted by Crippen LogP contribution is -2.55. The van der Waals surface area contributed by atoms with Gasteiger partial charge >= 0.3 is 12.3 Å². The Labute approximate surface area is 234 Å². The molecule has 1 aromatic heterocycles. The predicted molar refractivity (Wildman–Crippen MR) is 147 cm³/mol. The average Bonchev–Trinajstić information content (AvgIpc) is 2.91. The van der Waals surface area contributed by atoms with Crippen molar-refractivity contribution in [2.24, 2.45) is 0 Å². The molecular weight excluding hydrogens is 546 g/mol. The van der Waals surface area contributed by atoms with Gasteiger partial charge in [-0.2, -0.15) is 13.2 Å². The van der Waals surface area contributed by atoms with Crippen molar-refractivity contribution in [2.45, 2.75) is 45.5 Å². The van der Waals surface area contributed by atoms with Crippen LogP contribution < -0.4 is 15.8 Å². The third kappa shape index (κ3) is 6.55. The molecule has 2 unspecified atom stereocenters. The van der Waals surface area contributed by atoms with Crippen molar-refractivity contribution in [3.63, 3.8) is 0 Å². The molecule has 41 heavy (non-hydrogen) atoms. The first-order valence-electron chi connectivity index (χ1n) is 13.3. The van der Waals surface area contributed by atoms with Gasteiger partial charge in [0.25, 0.3) is 5.91 Å². The average molecular weight is 580 g/mol. The lowest BCUT2D eigenvalue weighted by molar-refractivity contribution is -0.138. The quantitative estimate of drug-likeness (QED) is 0.505. The molecule has 0 spiro atoms. The monoisotopic (exact) mass is 579 g/mol. The van der Waals surface area contributed by atoms with E-state index in [1.165, 1.54) is 17.0 Å². The molecule has 13 heteroatoms. The first-order valence-corrected chi connectivity index (χ1v) is 13.3. The molecule has 2 amide bonds. The van der Waals surface area contributed by atoms with Crippen LogP contribution in [0, 0.1) is 5.82 Å². The van der Waals surface area contributed by atoms with Gasteiger partial charge in [-0.3, -0.25) is 14.5 Å². The molecule has 2 N–H and O–H groups in total. The molecule has 1 saturated heterocycles. The van der Waals surface area contributed by atoms with E-state index in [4.69, 9.17) is 4.74 Å². The summed E-state index contributed by atoms with van der Waals surface area (Å²) in [5.41, 5.74) is -1.93. The summed E-state index contributed by atoms with van der Waals surface area (Å²) in [5, 5.41) is 2.55. The number of ether oxygens (including phenoxy) is 1. The van der Waals surface area contributed by atoms with Crippen molar-refractivity contribution in [3.8, 4) is 0 Å². The Balaban J connectivity index is 1.74. The second kappa shape index (κ2) is 11.9. The van der Waals surface area contributed by atoms with Crippen LogP contribution in [0.2, 0.25) is 0 Å². The standard InChI is InChI=1S/C28H33F4N5O4/c1-5-41-27(40)36-8-6-18(7-9-36)19-10-23(24(12-22(19)29)37-14-16(2)35(4)17(3)15-37)34-26(39)20-13-33-25(38)11-21(20)28(30,31)32/h6,10-13,16-17H,5,7-9,14-15H2,1-4H3,(H,33,38)(H,34,39). The summed E-state index contributed by atoms with van der Waals surface area (Å²) in [4.78, 5) is 44.6. The van der Waals surface area contributed by atoms with Crippen LogP contribution in [0.25, 0.3) is 5.57 Å². The summed E-state index contributed by atoms with van der Waals surface area (Å²) in [6, 6.07) is 3.19. The third-order valence-corrected chi connectivity index (χ3v) is 7.59. The number of nitrogens with zero attached hydrogens (tertiary/aromatic N) is 3. The van der Waals surface area contributed by atoms with E-state index in [0.717, 1.165) is 6.20 Å². The van der Waals surface area contributed by atoms with Crippen molar-refractivity contribution in [2.75, 3.05) is 50.1 Å². The molecule has 2 aliphatic heterocycles. The van der Waals surface area contributed by atoms with Crippen LogP contribution in [-0.2, 0) is 10.9 Å². The Morgan fingerprint density at radius 2 is 1.83 bits per heavy atom. The number of carbonyl (C=O) groups excluding carboxylic acids is 2. The predicted octanol–water partition coefficient (Wildman–Crippen LogP) is 4.56. The summed E-state index contributed by atoms with van der Waals surface area (Å²) in [7, 11) is 1.98. The van der Waals surface area contributed by atoms with Crippen LogP contribution in [0.3, 0.4) is 0 Å². The highest BCUT2D eigenvalue weighted by Crippen LogP contribution is 2.37. The van der Waals surface area contributed by atoms with Gasteiger partial charge in [0.15, 0.2) is 0 Å². The minimum atomic E-state index is -4.95. The number of aromatic amines is 1. The molecule has 9 nitrogen and oxygen atoms in total. The maximum atomic E-state index is 15.7. The molecule has 1 fully saturated rings. The summed E-state index contributed by atoms with van der Waals surface area (Å²) in [6.45, 7) is 7.39. The van der Waals surface area contributed by atoms with Gasteiger partial charge in [-0.1, -0.05) is 6.08 Å². The fourth-order valence-corrected chi connectivity index (χ4v) is 5.15. The second-order valence-corrected chi connectivity index (χ2v) is 10.3. The van der Waals surface area contributed by atoms with E-state index in [9.17, 15) is 27.6 Å². The summed E-state index contributed by atoms with van der Waals surface area (Å²) >= 11 is 0. The Kier molecular flexibility index (Phi) is 8.76. The number of hydrogen-bond donors (Lipinski definition) is 2. The molecule has 4 rings (SSSR count). The van der Waals surface area contributed by atoms with Gasteiger partial charge in [-0.25, -0.2) is 9.18 Å². The number of piperazine rings is 1. The zero-order valence-electron chi connectivity index (χ0n) is 23.3. The summed E-state index contributed by atoms with van der Waals surface area (Å²) < 4.78 is 61.7. The Bertz CT molecular complexity index is 1390. The number of rotatable bonds is 5. The lowest BCUT2D eigenvalue weighted by Gasteiger charge is -2.44. The highest BCUT2D eigenvalue weighted by atomic mass is 19.4. The summed E-state index contributed by atoms with van der Waals surface area (Å²) in [5.74, 6) is -1.66. The Morgan fingerprint density at radius 3 is 2.41 bits per heavy atom. The van der Waals surface area contributed by atoms with E-state index < -0.39 is 40.7 Å². The van der Waals surface area contributed by atoms with Crippen LogP contribution in [0.4, 0.5) is 33.7 Å². The summed E-state index contributed by atoms with van der Waals surface area (Å²) in [6.07, 6.45) is -2.71. The molecule has 0 saturated carbocycles. The van der Waals surface area contributed by atoms with Crippen molar-refractivity contribution in [3.05, 3.63) is 63.3 Å². The molecule has 1 aromatic carbocycles. The third-order valence-electron chi connectivity index (χ3n) is 7.59. The molecule has 2 aliphatic rings. The fraction of sp³-hybridized carbons (Fsp3) is 0.464. The molecule has 222 valence electrons. The number of alkyl halides is 3. The first-order chi connectivity index (χ1) is 19.3. The molecule has 2 aromatic rings. The van der Waals surface area contributed by atoms with E-state index in [0.29, 0.717) is 36.8 Å². The van der Waals surface area contributed by atoms with Gasteiger partial charge in [0.1, 0.15) is 5.82 Å². The van der Waals surface area contributed by atoms with Gasteiger partial charge < -0.3 is 24.8 Å². The number of anilines is 2. The number of hydrogen-bond acceptors (Lipinski definition) is 6. The van der Waals surface area contributed by atoms with E-state index in [1.54, 1.807) is 13.0 Å². The zero-order valence-corrected chi connectivity index (χ0v) is 23.3. The van der Waals surface area contributed by atoms with Gasteiger partial charge in [0.05, 0.1) is 29.1 Å². The first kappa shape index (κ1) is 30.1. The zero-order chi connectivity index (χ0) is 30.1. The number of amides is 2. The number of likely N-dealkylation sites (N-methyl/N-ethyl adjacent to an activating group) is 1. The van der Waals surface area contributed by atoms with Crippen LogP contribution in [0.1, 0.15) is 48.7 Å². The highest BCUT2D eigenvalue weighted by Gasteiger charge is 2.36. The van der Waals surface area contributed by atoms with Crippen molar-refractivity contribution >= 4 is 28.9 Å². The number of nitrogens with one attached hydrogen (secondary N) is 2. The van der Waals surface area contributed by atoms with Crippen LogP contribution in [0.5, 0.6) is 0 Å². The number of pyridine rings is 1. The SMILES string of the molecule is CCOC(=O)N1CC=C(c2cc(NC(=O)c3c[nH]c(=O)cc3C(F)(F)F)c(N3CC(C)N(C)C(C)C3)cc2F)CC1. The number of aromatic nitrogens is 1. The number of benzene rings is 1. The van der Waals surface area contributed by atoms with E-state index >= 15 is 4.39 Å². The molecule has 3 heterocycles. The molecule has 2 atom stereocenters. The fourth-order valence-electron chi connectivity index (χ4n) is 5.15. The molecule has 0 radical (unpaired) electrons.